The number of fused-ring (bicyclic) bond motifs is 12. The Kier molecular flexibility index (Phi) is 7.80. The molecule has 0 saturated carbocycles. The van der Waals surface area contributed by atoms with Crippen LogP contribution in [0, 0.1) is 0 Å². The first kappa shape index (κ1) is 36.1. The van der Waals surface area contributed by atoms with Crippen LogP contribution in [-0.4, -0.2) is 9.55 Å². The van der Waals surface area contributed by atoms with E-state index < -0.39 is 5.41 Å². The molecule has 3 nitrogen and oxygen atoms in total. The van der Waals surface area contributed by atoms with Gasteiger partial charge in [0.2, 0.25) is 0 Å². The molecule has 2 heterocycles. The molecule has 1 atom stereocenters. The molecule has 0 saturated heterocycles. The van der Waals surface area contributed by atoms with Gasteiger partial charge in [-0.05, 0) is 127 Å². The number of hydrogen-bond acceptors (Lipinski definition) is 2. The summed E-state index contributed by atoms with van der Waals surface area (Å²) in [6, 6.07) is 68.6. The van der Waals surface area contributed by atoms with Crippen LogP contribution in [0.5, 0.6) is 0 Å². The zero-order valence-electron chi connectivity index (χ0n) is 34.8. The number of rotatable bonds is 7. The van der Waals surface area contributed by atoms with Crippen LogP contribution in [0.15, 0.2) is 219 Å². The largest absolute Gasteiger partial charge is 0.310 e. The summed E-state index contributed by atoms with van der Waals surface area (Å²) in [5.41, 5.74) is 21.6. The number of hydrogen-bond donors (Lipinski definition) is 0. The minimum absolute atomic E-state index is 0.0643. The zero-order valence-corrected chi connectivity index (χ0v) is 34.8. The van der Waals surface area contributed by atoms with Gasteiger partial charge >= 0.3 is 0 Å². The third-order valence-electron chi connectivity index (χ3n) is 13.8. The van der Waals surface area contributed by atoms with Crippen molar-refractivity contribution in [2.45, 2.75) is 24.7 Å². The van der Waals surface area contributed by atoms with Gasteiger partial charge in [-0.25, -0.2) is 4.98 Å². The van der Waals surface area contributed by atoms with Crippen molar-refractivity contribution in [3.63, 3.8) is 0 Å². The summed E-state index contributed by atoms with van der Waals surface area (Å²) in [6.45, 7) is 13.5. The molecule has 12 rings (SSSR count). The smallest absolute Gasteiger partial charge is 0.134 e. The predicted octanol–water partition coefficient (Wildman–Crippen LogP) is 14.9. The van der Waals surface area contributed by atoms with Crippen LogP contribution in [0.3, 0.4) is 0 Å². The van der Waals surface area contributed by atoms with E-state index in [1.807, 2.05) is 12.2 Å². The number of anilines is 3. The first-order chi connectivity index (χ1) is 30.4. The standard InChI is InChI=1S/C59H43N3/c1-5-45-46-18-11-13-21-51(46)59(49(45)6-2)53-37-44(33-35-55(53)62-56-23-15-14-22-54(56)60-57(59)62)61(42-29-24-39(25-30-42)38-16-8-7-9-17-38)43-31-26-40(27-32-43)41-28-34-48-47-19-10-12-20-50(47)58(3,4)52(48)36-41/h5-37H,1-2H2,3-4H3. The Balaban J connectivity index is 1.04. The summed E-state index contributed by atoms with van der Waals surface area (Å²) in [6.07, 6.45) is 4.02. The minimum atomic E-state index is -0.695. The van der Waals surface area contributed by atoms with Gasteiger partial charge in [0.15, 0.2) is 0 Å². The van der Waals surface area contributed by atoms with Crippen LogP contribution in [0.2, 0.25) is 0 Å². The number of allylic oxidation sites excluding steroid dienone is 4. The highest BCUT2D eigenvalue weighted by atomic mass is 15.2. The lowest BCUT2D eigenvalue weighted by atomic mass is 9.71. The lowest BCUT2D eigenvalue weighted by molar-refractivity contribution is 0.660. The van der Waals surface area contributed by atoms with Crippen molar-refractivity contribution >= 4 is 33.7 Å². The molecule has 0 radical (unpaired) electrons. The molecule has 0 N–H and O–H groups in total. The summed E-state index contributed by atoms with van der Waals surface area (Å²) >= 11 is 0. The quantitative estimate of drug-likeness (QED) is 0.160. The fraction of sp³-hybridized carbons (Fsp3) is 0.0678. The molecule has 294 valence electrons. The highest BCUT2D eigenvalue weighted by Crippen LogP contribution is 2.60. The molecular weight excluding hydrogens is 751 g/mol. The molecule has 2 aliphatic carbocycles. The molecule has 1 aromatic heterocycles. The molecule has 9 aromatic rings. The minimum Gasteiger partial charge on any atom is -0.310 e. The van der Waals surface area contributed by atoms with E-state index in [0.717, 1.165) is 56.3 Å². The van der Waals surface area contributed by atoms with E-state index in [0.29, 0.717) is 0 Å². The number of imidazole rings is 1. The fourth-order valence-corrected chi connectivity index (χ4v) is 10.9. The normalized spacial score (nSPS) is 16.2. The van der Waals surface area contributed by atoms with Gasteiger partial charge in [0.1, 0.15) is 11.2 Å². The second-order valence-electron chi connectivity index (χ2n) is 17.2. The second kappa shape index (κ2) is 13.4. The second-order valence-corrected chi connectivity index (χ2v) is 17.2. The van der Waals surface area contributed by atoms with Crippen molar-refractivity contribution in [1.29, 1.82) is 0 Å². The topological polar surface area (TPSA) is 21.1 Å². The lowest BCUT2D eigenvalue weighted by Gasteiger charge is -2.31. The van der Waals surface area contributed by atoms with E-state index in [4.69, 9.17) is 4.98 Å². The maximum atomic E-state index is 5.45. The highest BCUT2D eigenvalue weighted by Gasteiger charge is 2.54. The van der Waals surface area contributed by atoms with Gasteiger partial charge < -0.3 is 4.90 Å². The maximum absolute atomic E-state index is 5.45. The van der Waals surface area contributed by atoms with Crippen molar-refractivity contribution in [2.75, 3.05) is 4.90 Å². The summed E-state index contributed by atoms with van der Waals surface area (Å²) in [5.74, 6) is 0.980. The monoisotopic (exact) mass is 793 g/mol. The van der Waals surface area contributed by atoms with Gasteiger partial charge in [0.25, 0.3) is 0 Å². The van der Waals surface area contributed by atoms with E-state index >= 15 is 0 Å². The van der Waals surface area contributed by atoms with Gasteiger partial charge in [0, 0.05) is 28.0 Å². The van der Waals surface area contributed by atoms with Crippen LogP contribution in [0.1, 0.15) is 47.5 Å². The third-order valence-corrected chi connectivity index (χ3v) is 13.8. The van der Waals surface area contributed by atoms with E-state index in [1.165, 1.54) is 55.6 Å². The summed E-state index contributed by atoms with van der Waals surface area (Å²) in [4.78, 5) is 7.84. The predicted molar refractivity (Wildman–Crippen MR) is 258 cm³/mol. The van der Waals surface area contributed by atoms with Crippen molar-refractivity contribution in [2.24, 2.45) is 0 Å². The lowest BCUT2D eigenvalue weighted by Crippen LogP contribution is -2.28. The van der Waals surface area contributed by atoms with Crippen molar-refractivity contribution in [1.82, 2.24) is 9.55 Å². The zero-order chi connectivity index (χ0) is 41.7. The first-order valence-corrected chi connectivity index (χ1v) is 21.4. The van der Waals surface area contributed by atoms with Gasteiger partial charge in [-0.3, -0.25) is 4.57 Å². The van der Waals surface area contributed by atoms with Crippen molar-refractivity contribution in [3.8, 4) is 39.1 Å². The average molecular weight is 794 g/mol. The Hall–Kier alpha value is -7.75. The van der Waals surface area contributed by atoms with Gasteiger partial charge in [-0.2, -0.15) is 0 Å². The Morgan fingerprint density at radius 2 is 1.06 bits per heavy atom. The number of nitrogens with zero attached hydrogens (tertiary/aromatic N) is 3. The summed E-state index contributed by atoms with van der Waals surface area (Å²) < 4.78 is 2.37. The average Bonchev–Trinajstić information content (AvgIpc) is 4.01. The van der Waals surface area contributed by atoms with E-state index in [2.05, 4.69) is 225 Å². The van der Waals surface area contributed by atoms with E-state index in [9.17, 15) is 0 Å². The highest BCUT2D eigenvalue weighted by molar-refractivity contribution is 5.96. The molecule has 1 spiro atoms. The molecule has 1 aliphatic heterocycles. The fourth-order valence-electron chi connectivity index (χ4n) is 10.9. The number of para-hydroxylation sites is 2. The third kappa shape index (κ3) is 4.91. The van der Waals surface area contributed by atoms with Crippen molar-refractivity contribution in [3.05, 3.63) is 253 Å². The molecule has 62 heavy (non-hydrogen) atoms. The van der Waals surface area contributed by atoms with E-state index in [-0.39, 0.29) is 5.41 Å². The van der Waals surface area contributed by atoms with Crippen molar-refractivity contribution < 1.29 is 0 Å². The SMILES string of the molecule is C=CC1=C(C=C)C2(c3ccccc31)c1cc(N(c3ccc(-c4ccccc4)cc3)c3ccc(-c4ccc5c(c4)C(C)(C)c4ccccc4-5)cc3)ccc1-n1c2nc2ccccc21. The maximum Gasteiger partial charge on any atom is 0.134 e. The van der Waals surface area contributed by atoms with Crippen LogP contribution in [0.25, 0.3) is 55.7 Å². The van der Waals surface area contributed by atoms with Crippen LogP contribution in [-0.2, 0) is 10.8 Å². The summed E-state index contributed by atoms with van der Waals surface area (Å²) in [7, 11) is 0. The van der Waals surface area contributed by atoms with Crippen LogP contribution >= 0.6 is 0 Å². The molecule has 0 fully saturated rings. The molecule has 3 heteroatoms. The Morgan fingerprint density at radius 3 is 1.79 bits per heavy atom. The molecule has 3 aliphatic rings. The molecule has 0 bridgehead atoms. The van der Waals surface area contributed by atoms with Gasteiger partial charge in [-0.1, -0.05) is 167 Å². The first-order valence-electron chi connectivity index (χ1n) is 21.4. The number of benzene rings is 8. The molecule has 0 amide bonds. The molecular formula is C59H43N3. The summed E-state index contributed by atoms with van der Waals surface area (Å²) in [5, 5.41) is 0. The Labute approximate surface area is 362 Å². The Bertz CT molecular complexity index is 3340. The van der Waals surface area contributed by atoms with E-state index in [1.54, 1.807) is 0 Å². The molecule has 1 unspecified atom stereocenters. The van der Waals surface area contributed by atoms with Crippen LogP contribution in [0.4, 0.5) is 17.1 Å². The molecule has 8 aromatic carbocycles. The van der Waals surface area contributed by atoms with Gasteiger partial charge in [0.05, 0.1) is 16.7 Å². The van der Waals surface area contributed by atoms with Gasteiger partial charge in [-0.15, -0.1) is 0 Å². The number of aromatic nitrogens is 2. The van der Waals surface area contributed by atoms with Crippen LogP contribution < -0.4 is 4.90 Å². The Morgan fingerprint density at radius 1 is 0.484 bits per heavy atom.